The van der Waals surface area contributed by atoms with Gasteiger partial charge in [-0.3, -0.25) is 9.59 Å². The molecule has 3 aromatic rings. The highest BCUT2D eigenvalue weighted by molar-refractivity contribution is 6.35. The highest BCUT2D eigenvalue weighted by Gasteiger charge is 2.31. The Labute approximate surface area is 182 Å². The monoisotopic (exact) mass is 418 g/mol. The fraction of sp³-hybridized carbons (Fsp3) is 0.280. The number of carbonyl (C=O) groups excluding carboxylic acids is 2. The van der Waals surface area contributed by atoms with E-state index in [4.69, 9.17) is 4.42 Å². The molecule has 2 amide bonds. The normalized spacial score (nSPS) is 17.3. The van der Waals surface area contributed by atoms with Crippen LogP contribution in [0.1, 0.15) is 41.5 Å². The van der Waals surface area contributed by atoms with Crippen LogP contribution in [0.2, 0.25) is 0 Å². The summed E-state index contributed by atoms with van der Waals surface area (Å²) in [6, 6.07) is 21.5. The number of quaternary nitrogens is 1. The third-order valence-electron chi connectivity index (χ3n) is 5.95. The van der Waals surface area contributed by atoms with Crippen LogP contribution in [0, 0.1) is 0 Å². The van der Waals surface area contributed by atoms with Gasteiger partial charge in [-0.1, -0.05) is 54.6 Å². The van der Waals surface area contributed by atoms with Crippen LogP contribution < -0.4 is 15.5 Å². The third-order valence-corrected chi connectivity index (χ3v) is 5.95. The molecule has 0 fully saturated rings. The molecule has 0 bridgehead atoms. The molecule has 0 saturated heterocycles. The zero-order chi connectivity index (χ0) is 21.6. The minimum absolute atomic E-state index is 0.0633. The number of hydrogen-bond acceptors (Lipinski definition) is 3. The maximum Gasteiger partial charge on any atom is 0.309 e. The largest absolute Gasteiger partial charge is 0.463 e. The van der Waals surface area contributed by atoms with Crippen LogP contribution in [0.25, 0.3) is 0 Å². The van der Waals surface area contributed by atoms with Crippen molar-refractivity contribution in [3.05, 3.63) is 95.4 Å². The Kier molecular flexibility index (Phi) is 6.48. The van der Waals surface area contributed by atoms with Crippen molar-refractivity contribution in [2.75, 3.05) is 13.1 Å². The van der Waals surface area contributed by atoms with Gasteiger partial charge in [-0.15, -0.1) is 0 Å². The molecular formula is C25H28N3O3+. The van der Waals surface area contributed by atoms with Gasteiger partial charge >= 0.3 is 11.8 Å². The first-order valence-electron chi connectivity index (χ1n) is 10.7. The van der Waals surface area contributed by atoms with Crippen LogP contribution in [-0.2, 0) is 22.6 Å². The van der Waals surface area contributed by atoms with Gasteiger partial charge < -0.3 is 20.0 Å². The van der Waals surface area contributed by atoms with Crippen LogP contribution in [0.3, 0.4) is 0 Å². The van der Waals surface area contributed by atoms with Gasteiger partial charge in [0.2, 0.25) is 0 Å². The molecule has 0 saturated carbocycles. The molecule has 0 aliphatic carbocycles. The van der Waals surface area contributed by atoms with Gasteiger partial charge in [0, 0.05) is 12.0 Å². The first kappa shape index (κ1) is 20.9. The van der Waals surface area contributed by atoms with Crippen molar-refractivity contribution < 1.29 is 18.9 Å². The molecule has 2 aromatic carbocycles. The third kappa shape index (κ3) is 5.03. The maximum atomic E-state index is 12.5. The Morgan fingerprint density at radius 3 is 2.45 bits per heavy atom. The number of hydrogen-bond donors (Lipinski definition) is 3. The summed E-state index contributed by atoms with van der Waals surface area (Å²) in [6.45, 7) is 3.99. The predicted octanol–water partition coefficient (Wildman–Crippen LogP) is 1.96. The summed E-state index contributed by atoms with van der Waals surface area (Å²) in [5.41, 5.74) is 3.65. The van der Waals surface area contributed by atoms with Crippen LogP contribution in [-0.4, -0.2) is 24.9 Å². The molecule has 160 valence electrons. The SMILES string of the molecule is C[C@@H](NC(=O)C(=O)NC[C@@H](c1ccco1)[NH+]1CCc2ccccc2C1)c1ccccc1. The van der Waals surface area contributed by atoms with Crippen molar-refractivity contribution in [3.8, 4) is 0 Å². The minimum Gasteiger partial charge on any atom is -0.463 e. The molecule has 1 unspecified atom stereocenters. The Bertz CT molecular complexity index is 1020. The lowest BCUT2D eigenvalue weighted by Gasteiger charge is -2.31. The van der Waals surface area contributed by atoms with Gasteiger partial charge in [0.1, 0.15) is 6.54 Å². The second-order valence-corrected chi connectivity index (χ2v) is 7.99. The molecule has 0 spiro atoms. The topological polar surface area (TPSA) is 75.8 Å². The van der Waals surface area contributed by atoms with Gasteiger partial charge in [-0.25, -0.2) is 0 Å². The lowest BCUT2D eigenvalue weighted by molar-refractivity contribution is -0.946. The molecule has 1 aliphatic heterocycles. The van der Waals surface area contributed by atoms with Crippen LogP contribution in [0.4, 0.5) is 0 Å². The number of benzene rings is 2. The highest BCUT2D eigenvalue weighted by Crippen LogP contribution is 2.16. The molecule has 6 heteroatoms. The van der Waals surface area contributed by atoms with E-state index in [1.165, 1.54) is 16.0 Å². The second kappa shape index (κ2) is 9.62. The highest BCUT2D eigenvalue weighted by atomic mass is 16.3. The standard InChI is InChI=1S/C25H27N3O3/c1-18(19-8-3-2-4-9-19)27-25(30)24(29)26-16-22(23-12-7-15-31-23)28-14-13-20-10-5-6-11-21(20)17-28/h2-12,15,18,22H,13-14,16-17H2,1H3,(H,26,29)(H,27,30)/p+1/t18-,22+/m1/s1. The number of nitrogens with one attached hydrogen (secondary N) is 3. The summed E-state index contributed by atoms with van der Waals surface area (Å²) in [6.07, 6.45) is 2.63. The summed E-state index contributed by atoms with van der Waals surface area (Å²) < 4.78 is 5.68. The van der Waals surface area contributed by atoms with E-state index in [-0.39, 0.29) is 12.1 Å². The molecule has 0 radical (unpaired) electrons. The van der Waals surface area contributed by atoms with E-state index in [1.54, 1.807) is 6.26 Å². The second-order valence-electron chi connectivity index (χ2n) is 7.99. The van der Waals surface area contributed by atoms with Gasteiger partial charge in [-0.05, 0) is 30.2 Å². The first-order chi connectivity index (χ1) is 15.1. The molecule has 1 aromatic heterocycles. The van der Waals surface area contributed by atoms with E-state index in [1.807, 2.05) is 49.4 Å². The number of rotatable bonds is 6. The van der Waals surface area contributed by atoms with Gasteiger partial charge in [0.05, 0.1) is 25.4 Å². The number of furan rings is 1. The van der Waals surface area contributed by atoms with Gasteiger partial charge in [-0.2, -0.15) is 0 Å². The zero-order valence-corrected chi connectivity index (χ0v) is 17.6. The summed E-state index contributed by atoms with van der Waals surface area (Å²) in [4.78, 5) is 26.2. The van der Waals surface area contributed by atoms with Crippen molar-refractivity contribution in [2.24, 2.45) is 0 Å². The molecule has 4 rings (SSSR count). The van der Waals surface area contributed by atoms with Crippen molar-refractivity contribution >= 4 is 11.8 Å². The van der Waals surface area contributed by atoms with E-state index < -0.39 is 11.8 Å². The van der Waals surface area contributed by atoms with E-state index in [0.717, 1.165) is 30.8 Å². The predicted molar refractivity (Wildman–Crippen MR) is 117 cm³/mol. The summed E-state index contributed by atoms with van der Waals surface area (Å²) in [5.74, 6) is -0.447. The Balaban J connectivity index is 1.39. The number of amides is 2. The zero-order valence-electron chi connectivity index (χ0n) is 17.6. The molecule has 31 heavy (non-hydrogen) atoms. The summed E-state index contributed by atoms with van der Waals surface area (Å²) in [5, 5.41) is 5.58. The number of carbonyl (C=O) groups is 2. The van der Waals surface area contributed by atoms with Crippen LogP contribution in [0.15, 0.2) is 77.4 Å². The molecule has 2 heterocycles. The summed E-state index contributed by atoms with van der Waals surface area (Å²) in [7, 11) is 0. The first-order valence-corrected chi connectivity index (χ1v) is 10.7. The quantitative estimate of drug-likeness (QED) is 0.536. The Morgan fingerprint density at radius 1 is 0.968 bits per heavy atom. The Morgan fingerprint density at radius 2 is 1.71 bits per heavy atom. The molecule has 1 aliphatic rings. The average molecular weight is 419 g/mol. The van der Waals surface area contributed by atoms with Gasteiger partial charge in [0.25, 0.3) is 0 Å². The van der Waals surface area contributed by atoms with Crippen molar-refractivity contribution in [3.63, 3.8) is 0 Å². The smallest absolute Gasteiger partial charge is 0.309 e. The fourth-order valence-electron chi connectivity index (χ4n) is 4.20. The van der Waals surface area contributed by atoms with Crippen molar-refractivity contribution in [1.82, 2.24) is 10.6 Å². The molecule has 3 N–H and O–H groups in total. The van der Waals surface area contributed by atoms with Crippen molar-refractivity contribution in [2.45, 2.75) is 32.0 Å². The molecular weight excluding hydrogens is 390 g/mol. The summed E-state index contributed by atoms with van der Waals surface area (Å²) >= 11 is 0. The van der Waals surface area contributed by atoms with Crippen LogP contribution in [0.5, 0.6) is 0 Å². The van der Waals surface area contributed by atoms with E-state index in [2.05, 4.69) is 34.9 Å². The minimum atomic E-state index is -0.631. The fourth-order valence-corrected chi connectivity index (χ4v) is 4.20. The lowest BCUT2D eigenvalue weighted by atomic mass is 9.98. The molecule has 3 atom stereocenters. The molecule has 6 nitrogen and oxygen atoms in total. The van der Waals surface area contributed by atoms with Crippen molar-refractivity contribution in [1.29, 1.82) is 0 Å². The van der Waals surface area contributed by atoms with Crippen LogP contribution >= 0.6 is 0 Å². The maximum absolute atomic E-state index is 12.5. The average Bonchev–Trinajstić information content (AvgIpc) is 3.34. The lowest BCUT2D eigenvalue weighted by Crippen LogP contribution is -3.12. The van der Waals surface area contributed by atoms with E-state index >= 15 is 0 Å². The van der Waals surface area contributed by atoms with E-state index in [0.29, 0.717) is 6.54 Å². The van der Waals surface area contributed by atoms with E-state index in [9.17, 15) is 9.59 Å². The number of fused-ring (bicyclic) bond motifs is 1. The Hall–Kier alpha value is -3.38. The van der Waals surface area contributed by atoms with Gasteiger partial charge in [0.15, 0.2) is 11.8 Å².